The summed E-state index contributed by atoms with van der Waals surface area (Å²) >= 11 is 0. The molecule has 0 saturated heterocycles. The predicted octanol–water partition coefficient (Wildman–Crippen LogP) is 9.46. The largest absolute Gasteiger partial charge is 0.364 e. The van der Waals surface area contributed by atoms with Crippen LogP contribution in [0.3, 0.4) is 0 Å². The van der Waals surface area contributed by atoms with E-state index in [1.165, 1.54) is 66.3 Å². The van der Waals surface area contributed by atoms with Crippen LogP contribution >= 0.6 is 0 Å². The number of allylic oxidation sites excluding steroid dienone is 4. The number of aromatic nitrogens is 2. The zero-order chi connectivity index (χ0) is 29.2. The highest BCUT2D eigenvalue weighted by Gasteiger charge is 2.37. The Labute approximate surface area is 256 Å². The van der Waals surface area contributed by atoms with E-state index in [0.717, 1.165) is 0 Å². The molecule has 2 unspecified atom stereocenters. The molecular formula is C40H34N2Si. The lowest BCUT2D eigenvalue weighted by atomic mass is 9.83. The number of nitrogens with one attached hydrogen (secondary N) is 2. The number of benzene rings is 4. The summed E-state index contributed by atoms with van der Waals surface area (Å²) < 4.78 is 0. The lowest BCUT2D eigenvalue weighted by Gasteiger charge is -2.23. The Morgan fingerprint density at radius 2 is 0.837 bits per heavy atom. The molecule has 2 N–H and O–H groups in total. The van der Waals surface area contributed by atoms with E-state index in [9.17, 15) is 0 Å². The second-order valence-corrected chi connectivity index (χ2v) is 12.7. The van der Waals surface area contributed by atoms with Crippen LogP contribution in [0.4, 0.5) is 0 Å². The normalized spacial score (nSPS) is 14.7. The molecule has 7 rings (SSSR count). The number of aromatic amines is 2. The maximum atomic E-state index is 3.61. The standard InChI is InChI=1S/C40H34N2Si/c1-27-17-21-31(22-18-27)35(33-15-9-25-41-33)39-37(29-11-5-3-6-12-29)38(30-13-7-4-8-14-30)40(43-39)36(34-16-10-26-42-34)32-23-19-28(2)20-24-32/h3-26,35-36,41-42H,1-2H3. The first-order valence-electron chi connectivity index (χ1n) is 14.9. The van der Waals surface area contributed by atoms with E-state index in [1.807, 2.05) is 0 Å². The van der Waals surface area contributed by atoms with Gasteiger partial charge >= 0.3 is 0 Å². The summed E-state index contributed by atoms with van der Waals surface area (Å²) in [6.45, 7) is 4.32. The summed E-state index contributed by atoms with van der Waals surface area (Å²) in [6, 6.07) is 49.0. The van der Waals surface area contributed by atoms with E-state index >= 15 is 0 Å². The maximum absolute atomic E-state index is 3.61. The van der Waals surface area contributed by atoms with Gasteiger partial charge < -0.3 is 9.97 Å². The topological polar surface area (TPSA) is 31.6 Å². The van der Waals surface area contributed by atoms with Gasteiger partial charge in [-0.1, -0.05) is 131 Å². The van der Waals surface area contributed by atoms with Crippen LogP contribution in [0.15, 0.2) is 156 Å². The molecule has 0 bridgehead atoms. The molecule has 2 aromatic heterocycles. The van der Waals surface area contributed by atoms with E-state index in [4.69, 9.17) is 0 Å². The lowest BCUT2D eigenvalue weighted by molar-refractivity contribution is 0.944. The fourth-order valence-electron chi connectivity index (χ4n) is 6.35. The quantitative estimate of drug-likeness (QED) is 0.171. The SMILES string of the molecule is Cc1ccc(C(C2=C(c3ccccc3)C(c3ccccc3)=C(C(c3ccc(C)cc3)c3ccc[nH]3)[Si]2)c2ccc[nH]2)cc1. The second-order valence-electron chi connectivity index (χ2n) is 11.4. The first kappa shape index (κ1) is 27.0. The number of hydrogen-bond acceptors (Lipinski definition) is 0. The minimum absolute atomic E-state index is 0.0997. The zero-order valence-corrected chi connectivity index (χ0v) is 25.5. The number of H-pyrrole nitrogens is 2. The van der Waals surface area contributed by atoms with Crippen LogP contribution in [0, 0.1) is 13.8 Å². The molecule has 2 atom stereocenters. The van der Waals surface area contributed by atoms with Gasteiger partial charge in [0.25, 0.3) is 0 Å². The molecular weight excluding hydrogens is 537 g/mol. The minimum atomic E-state index is 0.0997. The van der Waals surface area contributed by atoms with Gasteiger partial charge in [0.2, 0.25) is 0 Å². The summed E-state index contributed by atoms with van der Waals surface area (Å²) in [4.78, 5) is 7.22. The molecule has 4 aromatic carbocycles. The van der Waals surface area contributed by atoms with E-state index in [-0.39, 0.29) is 11.8 Å². The summed E-state index contributed by atoms with van der Waals surface area (Å²) in [6.07, 6.45) is 4.11. The van der Waals surface area contributed by atoms with Crippen molar-refractivity contribution < 1.29 is 0 Å². The Kier molecular flexibility index (Phi) is 7.40. The Morgan fingerprint density at radius 3 is 1.19 bits per heavy atom. The number of hydrogen-bond donors (Lipinski definition) is 2. The molecule has 0 amide bonds. The van der Waals surface area contributed by atoms with Crippen molar-refractivity contribution in [2.75, 3.05) is 0 Å². The molecule has 0 fully saturated rings. The van der Waals surface area contributed by atoms with Crippen LogP contribution in [0.25, 0.3) is 11.1 Å². The molecule has 6 aromatic rings. The monoisotopic (exact) mass is 570 g/mol. The molecule has 2 radical (unpaired) electrons. The van der Waals surface area contributed by atoms with Crippen molar-refractivity contribution in [2.45, 2.75) is 25.7 Å². The van der Waals surface area contributed by atoms with Crippen molar-refractivity contribution in [3.8, 4) is 0 Å². The zero-order valence-electron chi connectivity index (χ0n) is 24.5. The first-order chi connectivity index (χ1) is 21.2. The van der Waals surface area contributed by atoms with Crippen molar-refractivity contribution in [3.05, 3.63) is 201 Å². The Bertz CT molecular complexity index is 1720. The van der Waals surface area contributed by atoms with Crippen molar-refractivity contribution in [3.63, 3.8) is 0 Å². The highest BCUT2D eigenvalue weighted by Crippen LogP contribution is 2.51. The van der Waals surface area contributed by atoms with Gasteiger partial charge in [-0.25, -0.2) is 0 Å². The van der Waals surface area contributed by atoms with Crippen LogP contribution in [0.1, 0.15) is 56.6 Å². The summed E-state index contributed by atoms with van der Waals surface area (Å²) in [5.41, 5.74) is 12.8. The van der Waals surface area contributed by atoms with Gasteiger partial charge in [0, 0.05) is 35.6 Å². The smallest absolute Gasteiger partial charge is 0.114 e. The van der Waals surface area contributed by atoms with Crippen LogP contribution in [-0.4, -0.2) is 19.5 Å². The third kappa shape index (κ3) is 5.29. The minimum Gasteiger partial charge on any atom is -0.364 e. The van der Waals surface area contributed by atoms with Crippen LogP contribution in [0.5, 0.6) is 0 Å². The van der Waals surface area contributed by atoms with Gasteiger partial charge in [-0.3, -0.25) is 0 Å². The van der Waals surface area contributed by atoms with Gasteiger partial charge in [-0.15, -0.1) is 0 Å². The van der Waals surface area contributed by atoms with Crippen LogP contribution in [-0.2, 0) is 0 Å². The summed E-state index contributed by atoms with van der Waals surface area (Å²) in [7, 11) is 0.504. The molecule has 0 saturated carbocycles. The van der Waals surface area contributed by atoms with Gasteiger partial charge in [-0.2, -0.15) is 0 Å². The molecule has 208 valence electrons. The fraction of sp³-hybridized carbons (Fsp3) is 0.100. The second kappa shape index (κ2) is 11.8. The lowest BCUT2D eigenvalue weighted by Crippen LogP contribution is -2.15. The van der Waals surface area contributed by atoms with Crippen molar-refractivity contribution in [1.82, 2.24) is 9.97 Å². The van der Waals surface area contributed by atoms with Crippen LogP contribution in [0.2, 0.25) is 0 Å². The van der Waals surface area contributed by atoms with Gasteiger partial charge in [-0.05, 0) is 71.5 Å². The summed E-state index contributed by atoms with van der Waals surface area (Å²) in [5.74, 6) is 0.199. The van der Waals surface area contributed by atoms with E-state index in [1.54, 1.807) is 0 Å². The average Bonchev–Trinajstić information content (AvgIpc) is 3.84. The van der Waals surface area contributed by atoms with E-state index < -0.39 is 0 Å². The third-order valence-corrected chi connectivity index (χ3v) is 10.1. The Morgan fingerprint density at radius 1 is 0.442 bits per heavy atom. The van der Waals surface area contributed by atoms with Crippen LogP contribution < -0.4 is 0 Å². The molecule has 1 aliphatic rings. The predicted molar refractivity (Wildman–Crippen MR) is 180 cm³/mol. The molecule has 2 nitrogen and oxygen atoms in total. The highest BCUT2D eigenvalue weighted by atomic mass is 28.2. The van der Waals surface area contributed by atoms with E-state index in [0.29, 0.717) is 9.52 Å². The number of rotatable bonds is 8. The van der Waals surface area contributed by atoms with Gasteiger partial charge in [0.05, 0.1) is 0 Å². The molecule has 0 spiro atoms. The number of aryl methyl sites for hydroxylation is 2. The van der Waals surface area contributed by atoms with Gasteiger partial charge in [0.1, 0.15) is 9.52 Å². The van der Waals surface area contributed by atoms with Crippen molar-refractivity contribution >= 4 is 20.7 Å². The van der Waals surface area contributed by atoms with Gasteiger partial charge in [0.15, 0.2) is 0 Å². The van der Waals surface area contributed by atoms with E-state index in [2.05, 4.69) is 170 Å². The Balaban J connectivity index is 1.53. The molecule has 0 aliphatic carbocycles. The van der Waals surface area contributed by atoms with Crippen molar-refractivity contribution in [2.24, 2.45) is 0 Å². The molecule has 43 heavy (non-hydrogen) atoms. The average molecular weight is 571 g/mol. The highest BCUT2D eigenvalue weighted by molar-refractivity contribution is 6.63. The summed E-state index contributed by atoms with van der Waals surface area (Å²) in [5, 5.41) is 2.91. The maximum Gasteiger partial charge on any atom is 0.114 e. The third-order valence-electron chi connectivity index (χ3n) is 8.45. The molecule has 3 heteroatoms. The molecule has 1 aliphatic heterocycles. The fourth-order valence-corrected chi connectivity index (χ4v) is 8.36. The first-order valence-corrected chi connectivity index (χ1v) is 15.9. The molecule has 3 heterocycles. The Hall–Kier alpha value is -4.86. The van der Waals surface area contributed by atoms with Crippen molar-refractivity contribution in [1.29, 1.82) is 0 Å².